The maximum absolute atomic E-state index is 5.89. The van der Waals surface area contributed by atoms with Gasteiger partial charge in [0.1, 0.15) is 11.6 Å². The molecule has 1 fully saturated rings. The van der Waals surface area contributed by atoms with Crippen molar-refractivity contribution >= 4 is 23.0 Å². The van der Waals surface area contributed by atoms with Crippen molar-refractivity contribution in [3.05, 3.63) is 101 Å². The Kier molecular flexibility index (Phi) is 5.79. The molecule has 3 aromatic heterocycles. The number of hydrogen-bond acceptors (Lipinski definition) is 4. The number of rotatable bonds is 5. The van der Waals surface area contributed by atoms with Crippen LogP contribution >= 0.6 is 12.2 Å². The predicted octanol–water partition coefficient (Wildman–Crippen LogP) is 5.38. The van der Waals surface area contributed by atoms with Gasteiger partial charge < -0.3 is 19.5 Å². The minimum absolute atomic E-state index is 0.121. The number of hydrogen-bond donors (Lipinski definition) is 1. The van der Waals surface area contributed by atoms with Crippen molar-refractivity contribution in [3.8, 4) is 11.6 Å². The van der Waals surface area contributed by atoms with Crippen molar-refractivity contribution in [1.29, 1.82) is 0 Å². The smallest absolute Gasteiger partial charge is 0.174 e. The van der Waals surface area contributed by atoms with Crippen molar-refractivity contribution in [1.82, 2.24) is 19.9 Å². The van der Waals surface area contributed by atoms with E-state index in [1.807, 2.05) is 61.8 Å². The number of nitrogens with zero attached hydrogens (tertiary/aromatic N) is 4. The molecule has 0 amide bonds. The van der Waals surface area contributed by atoms with Crippen molar-refractivity contribution < 1.29 is 4.74 Å². The summed E-state index contributed by atoms with van der Waals surface area (Å²) in [5, 5.41) is 4.18. The summed E-state index contributed by atoms with van der Waals surface area (Å²) in [6.07, 6.45) is 3.72. The number of para-hydroxylation sites is 2. The van der Waals surface area contributed by atoms with Crippen LogP contribution in [-0.4, -0.2) is 26.8 Å². The second-order valence-electron chi connectivity index (χ2n) is 8.52. The molecule has 5 rings (SSSR count). The van der Waals surface area contributed by atoms with Crippen LogP contribution in [0.25, 0.3) is 5.82 Å². The summed E-state index contributed by atoms with van der Waals surface area (Å²) in [4.78, 5) is 11.5. The monoisotopic (exact) mass is 469 g/mol. The normalized spacial score (nSPS) is 17.6. The summed E-state index contributed by atoms with van der Waals surface area (Å²) in [7, 11) is 1.69. The van der Waals surface area contributed by atoms with Crippen LogP contribution < -0.4 is 15.0 Å². The number of benzene rings is 1. The van der Waals surface area contributed by atoms with E-state index in [4.69, 9.17) is 17.0 Å². The Morgan fingerprint density at radius 3 is 2.47 bits per heavy atom. The van der Waals surface area contributed by atoms with Gasteiger partial charge in [0.05, 0.1) is 30.6 Å². The van der Waals surface area contributed by atoms with Crippen LogP contribution in [0.3, 0.4) is 0 Å². The van der Waals surface area contributed by atoms with Crippen LogP contribution in [-0.2, 0) is 0 Å². The topological polar surface area (TPSA) is 55.2 Å². The molecule has 0 aliphatic carbocycles. The van der Waals surface area contributed by atoms with Crippen molar-refractivity contribution in [2.75, 3.05) is 12.0 Å². The van der Waals surface area contributed by atoms with Gasteiger partial charge in [-0.25, -0.2) is 4.98 Å². The van der Waals surface area contributed by atoms with E-state index < -0.39 is 0 Å². The molecule has 34 heavy (non-hydrogen) atoms. The summed E-state index contributed by atoms with van der Waals surface area (Å²) >= 11 is 5.89. The highest BCUT2D eigenvalue weighted by Gasteiger charge is 2.43. The molecule has 7 heteroatoms. The van der Waals surface area contributed by atoms with Crippen LogP contribution in [0, 0.1) is 20.8 Å². The lowest BCUT2D eigenvalue weighted by Crippen LogP contribution is -2.30. The Hall–Kier alpha value is -3.71. The Balaban J connectivity index is 1.70. The first-order valence-corrected chi connectivity index (χ1v) is 11.7. The van der Waals surface area contributed by atoms with E-state index in [1.165, 1.54) is 0 Å². The zero-order chi connectivity index (χ0) is 23.8. The lowest BCUT2D eigenvalue weighted by atomic mass is 9.96. The van der Waals surface area contributed by atoms with Crippen molar-refractivity contribution in [2.24, 2.45) is 0 Å². The SMILES string of the molecule is COc1ccccc1N1C(=S)N[C@@H](c2ccccn2)[C@@H]1c1cc(C)n(-c2ccc(C)cn2)c1C. The summed E-state index contributed by atoms with van der Waals surface area (Å²) < 4.78 is 7.91. The maximum Gasteiger partial charge on any atom is 0.174 e. The highest BCUT2D eigenvalue weighted by Crippen LogP contribution is 2.45. The zero-order valence-electron chi connectivity index (χ0n) is 19.7. The Morgan fingerprint density at radius 2 is 1.76 bits per heavy atom. The fourth-order valence-corrected chi connectivity index (χ4v) is 5.13. The highest BCUT2D eigenvalue weighted by molar-refractivity contribution is 7.80. The molecular weight excluding hydrogens is 442 g/mol. The first-order valence-electron chi connectivity index (χ1n) is 11.2. The van der Waals surface area contributed by atoms with Crippen molar-refractivity contribution in [2.45, 2.75) is 32.9 Å². The largest absolute Gasteiger partial charge is 0.495 e. The van der Waals surface area contributed by atoms with E-state index >= 15 is 0 Å². The number of thiocarbonyl (C=S) groups is 1. The standard InChI is InChI=1S/C27H27N5OS/c1-17-12-13-24(29-16-17)31-18(2)15-20(19(31)3)26-25(21-9-7-8-14-28-21)30-27(34)32(26)22-10-5-6-11-23(22)33-4/h5-16,25-26H,1-4H3,(H,30,34)/t25-,26-/m0/s1. The van der Waals surface area contributed by atoms with Gasteiger partial charge >= 0.3 is 0 Å². The van der Waals surface area contributed by atoms with Crippen LogP contribution in [0.5, 0.6) is 5.75 Å². The molecule has 1 aromatic carbocycles. The minimum Gasteiger partial charge on any atom is -0.495 e. The Morgan fingerprint density at radius 1 is 0.971 bits per heavy atom. The first kappa shape index (κ1) is 22.1. The number of pyridine rings is 2. The lowest BCUT2D eigenvalue weighted by molar-refractivity contribution is 0.414. The van der Waals surface area contributed by atoms with E-state index in [9.17, 15) is 0 Å². The fourth-order valence-electron chi connectivity index (χ4n) is 4.79. The van der Waals surface area contributed by atoms with Crippen LogP contribution in [0.15, 0.2) is 73.1 Å². The lowest BCUT2D eigenvalue weighted by Gasteiger charge is -2.29. The number of methoxy groups -OCH3 is 1. The van der Waals surface area contributed by atoms with E-state index in [0.717, 1.165) is 45.5 Å². The van der Waals surface area contributed by atoms with E-state index in [0.29, 0.717) is 5.11 Å². The van der Waals surface area contributed by atoms with E-state index in [-0.39, 0.29) is 12.1 Å². The molecule has 4 aromatic rings. The summed E-state index contributed by atoms with van der Waals surface area (Å²) in [6.45, 7) is 6.30. The Labute approximate surface area is 205 Å². The van der Waals surface area contributed by atoms with Gasteiger partial charge in [0.2, 0.25) is 0 Å². The van der Waals surface area contributed by atoms with Gasteiger partial charge in [0.15, 0.2) is 5.11 Å². The van der Waals surface area contributed by atoms with Crippen LogP contribution in [0.4, 0.5) is 5.69 Å². The van der Waals surface area contributed by atoms with Crippen LogP contribution in [0.1, 0.15) is 40.3 Å². The van der Waals surface area contributed by atoms with Gasteiger partial charge in [0.25, 0.3) is 0 Å². The summed E-state index contributed by atoms with van der Waals surface area (Å²) in [5.74, 6) is 1.67. The minimum atomic E-state index is -0.126. The zero-order valence-corrected chi connectivity index (χ0v) is 20.5. The number of aromatic nitrogens is 3. The molecule has 1 N–H and O–H groups in total. The third-order valence-corrected chi connectivity index (χ3v) is 6.67. The van der Waals surface area contributed by atoms with Crippen molar-refractivity contribution in [3.63, 3.8) is 0 Å². The quantitative estimate of drug-likeness (QED) is 0.396. The third-order valence-electron chi connectivity index (χ3n) is 6.36. The van der Waals surface area contributed by atoms with Gasteiger partial charge in [0, 0.05) is 23.8 Å². The van der Waals surface area contributed by atoms with Gasteiger partial charge in [-0.05, 0) is 80.5 Å². The second-order valence-corrected chi connectivity index (χ2v) is 8.91. The molecule has 0 radical (unpaired) electrons. The number of aryl methyl sites for hydroxylation is 2. The first-order chi connectivity index (χ1) is 16.5. The molecule has 4 heterocycles. The molecule has 172 valence electrons. The fraction of sp³-hybridized carbons (Fsp3) is 0.222. The average molecular weight is 470 g/mol. The Bertz CT molecular complexity index is 1330. The highest BCUT2D eigenvalue weighted by atomic mass is 32.1. The molecule has 1 aliphatic heterocycles. The average Bonchev–Trinajstić information content (AvgIpc) is 3.35. The third kappa shape index (κ3) is 3.72. The molecular formula is C27H27N5OS. The van der Waals surface area contributed by atoms with Gasteiger partial charge in [-0.15, -0.1) is 0 Å². The molecule has 1 saturated heterocycles. The second kappa shape index (κ2) is 8.91. The number of nitrogens with one attached hydrogen (secondary N) is 1. The molecule has 0 saturated carbocycles. The molecule has 2 atom stereocenters. The maximum atomic E-state index is 5.89. The number of anilines is 1. The molecule has 1 aliphatic rings. The van der Waals surface area contributed by atoms with Gasteiger partial charge in [-0.2, -0.15) is 0 Å². The summed E-state index contributed by atoms with van der Waals surface area (Å²) in [6, 6.07) is 20.1. The molecule has 6 nitrogen and oxygen atoms in total. The van der Waals surface area contributed by atoms with E-state index in [1.54, 1.807) is 7.11 Å². The predicted molar refractivity (Wildman–Crippen MR) is 139 cm³/mol. The summed E-state index contributed by atoms with van der Waals surface area (Å²) in [5.41, 5.74) is 6.38. The van der Waals surface area contributed by atoms with E-state index in [2.05, 4.69) is 56.8 Å². The van der Waals surface area contributed by atoms with Crippen LogP contribution in [0.2, 0.25) is 0 Å². The molecule has 0 bridgehead atoms. The van der Waals surface area contributed by atoms with Gasteiger partial charge in [-0.3, -0.25) is 4.98 Å². The molecule has 0 unspecified atom stereocenters. The van der Waals surface area contributed by atoms with Gasteiger partial charge in [-0.1, -0.05) is 24.3 Å². The number of ether oxygens (including phenoxy) is 1. The molecule has 0 spiro atoms.